The van der Waals surface area contributed by atoms with Crippen molar-refractivity contribution >= 4 is 0 Å². The molecular formula is C14H26N2O2. The summed E-state index contributed by atoms with van der Waals surface area (Å²) in [7, 11) is 2.05. The van der Waals surface area contributed by atoms with E-state index in [2.05, 4.69) is 17.3 Å². The molecule has 4 atom stereocenters. The number of morpholine rings is 1. The van der Waals surface area contributed by atoms with Gasteiger partial charge in [0, 0.05) is 31.1 Å². The van der Waals surface area contributed by atoms with E-state index in [1.54, 1.807) is 0 Å². The summed E-state index contributed by atoms with van der Waals surface area (Å²) in [6.07, 6.45) is 5.81. The smallest absolute Gasteiger partial charge is 0.0730 e. The van der Waals surface area contributed by atoms with Crippen LogP contribution < -0.4 is 5.32 Å². The summed E-state index contributed by atoms with van der Waals surface area (Å²) in [5.74, 6) is 0.649. The average Bonchev–Trinajstić information content (AvgIpc) is 2.86. The molecule has 3 aliphatic rings. The fourth-order valence-corrected chi connectivity index (χ4v) is 3.80. The van der Waals surface area contributed by atoms with Gasteiger partial charge in [-0.25, -0.2) is 0 Å². The first kappa shape index (κ1) is 12.9. The van der Waals surface area contributed by atoms with Crippen molar-refractivity contribution in [2.75, 3.05) is 40.0 Å². The molecule has 2 heterocycles. The molecule has 3 rings (SSSR count). The van der Waals surface area contributed by atoms with Crippen molar-refractivity contribution in [3.05, 3.63) is 0 Å². The highest BCUT2D eigenvalue weighted by molar-refractivity contribution is 4.91. The molecule has 3 fully saturated rings. The maximum absolute atomic E-state index is 5.94. The minimum Gasteiger partial charge on any atom is -0.379 e. The Kier molecular flexibility index (Phi) is 4.19. The monoisotopic (exact) mass is 254 g/mol. The summed E-state index contributed by atoms with van der Waals surface area (Å²) in [6.45, 7) is 4.99. The summed E-state index contributed by atoms with van der Waals surface area (Å²) in [6, 6.07) is 1.21. The van der Waals surface area contributed by atoms with E-state index < -0.39 is 0 Å². The van der Waals surface area contributed by atoms with Crippen LogP contribution >= 0.6 is 0 Å². The van der Waals surface area contributed by atoms with Crippen LogP contribution in [0.25, 0.3) is 0 Å². The number of nitrogens with zero attached hydrogens (tertiary/aromatic N) is 1. The van der Waals surface area contributed by atoms with E-state index in [1.807, 2.05) is 0 Å². The third kappa shape index (κ3) is 2.57. The number of likely N-dealkylation sites (N-methyl/N-ethyl adjacent to an activating group) is 1. The number of hydrogen-bond acceptors (Lipinski definition) is 4. The van der Waals surface area contributed by atoms with Crippen molar-refractivity contribution in [1.82, 2.24) is 10.2 Å². The van der Waals surface area contributed by atoms with Crippen LogP contribution in [-0.2, 0) is 9.47 Å². The second kappa shape index (κ2) is 5.87. The fourth-order valence-electron chi connectivity index (χ4n) is 3.80. The zero-order valence-corrected chi connectivity index (χ0v) is 11.4. The first-order chi connectivity index (χ1) is 8.88. The van der Waals surface area contributed by atoms with Crippen LogP contribution in [-0.4, -0.2) is 63.0 Å². The van der Waals surface area contributed by atoms with E-state index in [0.717, 1.165) is 26.4 Å². The Labute approximate surface area is 110 Å². The van der Waals surface area contributed by atoms with Gasteiger partial charge in [-0.1, -0.05) is 12.8 Å². The topological polar surface area (TPSA) is 33.7 Å². The van der Waals surface area contributed by atoms with Crippen molar-refractivity contribution in [3.63, 3.8) is 0 Å². The largest absolute Gasteiger partial charge is 0.379 e. The summed E-state index contributed by atoms with van der Waals surface area (Å²) in [5.41, 5.74) is 0. The molecule has 0 aromatic rings. The second-order valence-corrected chi connectivity index (χ2v) is 5.95. The van der Waals surface area contributed by atoms with Crippen LogP contribution in [0.1, 0.15) is 25.7 Å². The van der Waals surface area contributed by atoms with Gasteiger partial charge in [0.15, 0.2) is 0 Å². The third-order valence-corrected chi connectivity index (χ3v) is 4.89. The lowest BCUT2D eigenvalue weighted by atomic mass is 9.89. The number of ether oxygens (including phenoxy) is 2. The molecule has 18 heavy (non-hydrogen) atoms. The first-order valence-electron chi connectivity index (χ1n) is 7.49. The minimum atomic E-state index is 0.503. The first-order valence-corrected chi connectivity index (χ1v) is 7.49. The SMILES string of the molecule is CNC1COCC1CN1CCOC2CCCCC21. The molecule has 4 heteroatoms. The van der Waals surface area contributed by atoms with Gasteiger partial charge in [-0.2, -0.15) is 0 Å². The molecule has 1 N–H and O–H groups in total. The lowest BCUT2D eigenvalue weighted by Crippen LogP contribution is -2.55. The molecule has 0 bridgehead atoms. The van der Waals surface area contributed by atoms with Crippen LogP contribution in [0, 0.1) is 5.92 Å². The Hall–Kier alpha value is -0.160. The standard InChI is InChI=1S/C14H26N2O2/c1-15-12-10-17-9-11(12)8-16-6-7-18-14-5-3-2-4-13(14)16/h11-15H,2-10H2,1H3. The van der Waals surface area contributed by atoms with Gasteiger partial charge in [-0.3, -0.25) is 4.90 Å². The maximum atomic E-state index is 5.94. The zero-order valence-electron chi connectivity index (χ0n) is 11.4. The maximum Gasteiger partial charge on any atom is 0.0730 e. The van der Waals surface area contributed by atoms with Gasteiger partial charge in [0.1, 0.15) is 0 Å². The quantitative estimate of drug-likeness (QED) is 0.810. The fraction of sp³-hybridized carbons (Fsp3) is 1.00. The molecule has 4 unspecified atom stereocenters. The molecule has 0 aromatic carbocycles. The molecule has 0 aromatic heterocycles. The van der Waals surface area contributed by atoms with Crippen LogP contribution in [0.2, 0.25) is 0 Å². The van der Waals surface area contributed by atoms with Crippen LogP contribution in [0.4, 0.5) is 0 Å². The van der Waals surface area contributed by atoms with Gasteiger partial charge >= 0.3 is 0 Å². The summed E-state index contributed by atoms with van der Waals surface area (Å²) in [4.78, 5) is 2.68. The Morgan fingerprint density at radius 2 is 2.11 bits per heavy atom. The highest BCUT2D eigenvalue weighted by Crippen LogP contribution is 2.29. The molecule has 0 spiro atoms. The average molecular weight is 254 g/mol. The van der Waals surface area contributed by atoms with Crippen molar-refractivity contribution in [1.29, 1.82) is 0 Å². The summed E-state index contributed by atoms with van der Waals surface area (Å²) < 4.78 is 11.6. The Morgan fingerprint density at radius 1 is 1.22 bits per heavy atom. The van der Waals surface area contributed by atoms with Gasteiger partial charge in [0.25, 0.3) is 0 Å². The second-order valence-electron chi connectivity index (χ2n) is 5.95. The Bertz CT molecular complexity index is 273. The third-order valence-electron chi connectivity index (χ3n) is 4.89. The molecular weight excluding hydrogens is 228 g/mol. The van der Waals surface area contributed by atoms with E-state index >= 15 is 0 Å². The predicted octanol–water partition coefficient (Wildman–Crippen LogP) is 0.864. The molecule has 1 aliphatic carbocycles. The Balaban J connectivity index is 1.60. The van der Waals surface area contributed by atoms with E-state index in [-0.39, 0.29) is 0 Å². The van der Waals surface area contributed by atoms with Crippen molar-refractivity contribution in [2.24, 2.45) is 5.92 Å². The van der Waals surface area contributed by atoms with Gasteiger partial charge in [0.2, 0.25) is 0 Å². The van der Waals surface area contributed by atoms with Crippen molar-refractivity contribution in [2.45, 2.75) is 43.9 Å². The van der Waals surface area contributed by atoms with E-state index in [4.69, 9.17) is 9.47 Å². The number of nitrogens with one attached hydrogen (secondary N) is 1. The highest BCUT2D eigenvalue weighted by atomic mass is 16.5. The highest BCUT2D eigenvalue weighted by Gasteiger charge is 2.37. The molecule has 2 saturated heterocycles. The molecule has 0 radical (unpaired) electrons. The van der Waals surface area contributed by atoms with Gasteiger partial charge in [0.05, 0.1) is 25.9 Å². The lowest BCUT2D eigenvalue weighted by molar-refractivity contribution is -0.0925. The number of fused-ring (bicyclic) bond motifs is 1. The molecule has 104 valence electrons. The van der Waals surface area contributed by atoms with Crippen molar-refractivity contribution < 1.29 is 9.47 Å². The van der Waals surface area contributed by atoms with Crippen LogP contribution in [0.3, 0.4) is 0 Å². The Morgan fingerprint density at radius 3 is 3.00 bits per heavy atom. The van der Waals surface area contributed by atoms with E-state index in [0.29, 0.717) is 24.1 Å². The number of hydrogen-bond donors (Lipinski definition) is 1. The van der Waals surface area contributed by atoms with E-state index in [1.165, 1.54) is 32.2 Å². The molecule has 1 saturated carbocycles. The van der Waals surface area contributed by atoms with Crippen LogP contribution in [0.5, 0.6) is 0 Å². The zero-order chi connectivity index (χ0) is 12.4. The van der Waals surface area contributed by atoms with Crippen molar-refractivity contribution in [3.8, 4) is 0 Å². The van der Waals surface area contributed by atoms with Gasteiger partial charge in [-0.05, 0) is 19.9 Å². The molecule has 0 amide bonds. The van der Waals surface area contributed by atoms with E-state index in [9.17, 15) is 0 Å². The van der Waals surface area contributed by atoms with Gasteiger partial charge in [-0.15, -0.1) is 0 Å². The summed E-state index contributed by atoms with van der Waals surface area (Å²) >= 11 is 0. The van der Waals surface area contributed by atoms with Crippen LogP contribution in [0.15, 0.2) is 0 Å². The number of rotatable bonds is 3. The normalized spacial score (nSPS) is 41.8. The predicted molar refractivity (Wildman–Crippen MR) is 70.7 cm³/mol. The minimum absolute atomic E-state index is 0.503. The molecule has 2 aliphatic heterocycles. The van der Waals surface area contributed by atoms with Gasteiger partial charge < -0.3 is 14.8 Å². The lowest BCUT2D eigenvalue weighted by Gasteiger charge is -2.45. The molecule has 4 nitrogen and oxygen atoms in total. The summed E-state index contributed by atoms with van der Waals surface area (Å²) in [5, 5.41) is 3.39.